The predicted molar refractivity (Wildman–Crippen MR) is 95.6 cm³/mol. The molecule has 2 atom stereocenters. The first-order valence-electron chi connectivity index (χ1n) is 9.20. The molecule has 4 rings (SSSR count). The van der Waals surface area contributed by atoms with E-state index in [1.807, 2.05) is 18.2 Å². The van der Waals surface area contributed by atoms with Crippen LogP contribution < -0.4 is 10.3 Å². The first kappa shape index (κ1) is 15.7. The van der Waals surface area contributed by atoms with Crippen molar-refractivity contribution in [1.29, 1.82) is 0 Å². The Bertz CT molecular complexity index is 807. The van der Waals surface area contributed by atoms with E-state index in [4.69, 9.17) is 9.72 Å². The highest BCUT2D eigenvalue weighted by Crippen LogP contribution is 2.51. The van der Waals surface area contributed by atoms with Gasteiger partial charge >= 0.3 is 0 Å². The number of H-pyrrole nitrogens is 1. The van der Waals surface area contributed by atoms with Crippen LogP contribution in [0.4, 0.5) is 0 Å². The SMILES string of the molecule is COc1ccc2nc(C3(CCCC[C@@H]4CC4C)CC3)c(=O)[nH]c2c1. The maximum Gasteiger partial charge on any atom is 0.270 e. The van der Waals surface area contributed by atoms with Crippen molar-refractivity contribution in [1.82, 2.24) is 9.97 Å². The number of unbranched alkanes of at least 4 members (excludes halogenated alkanes) is 1. The van der Waals surface area contributed by atoms with E-state index >= 15 is 0 Å². The van der Waals surface area contributed by atoms with E-state index in [0.717, 1.165) is 53.6 Å². The summed E-state index contributed by atoms with van der Waals surface area (Å²) in [6.45, 7) is 2.35. The standard InChI is InChI=1S/C20H26N2O2/c1-13-11-14(13)5-3-4-8-20(9-10-20)18-19(23)22-17-12-15(24-2)6-7-16(17)21-18/h6-7,12-14H,3-5,8-11H2,1-2H3,(H,22,23)/t13?,14-/m1/s1. The lowest BCUT2D eigenvalue weighted by atomic mass is 9.94. The third kappa shape index (κ3) is 2.94. The highest BCUT2D eigenvalue weighted by atomic mass is 16.5. The van der Waals surface area contributed by atoms with Gasteiger partial charge in [-0.05, 0) is 49.7 Å². The zero-order valence-electron chi connectivity index (χ0n) is 14.6. The quantitative estimate of drug-likeness (QED) is 0.777. The van der Waals surface area contributed by atoms with Gasteiger partial charge in [-0.1, -0.05) is 26.2 Å². The van der Waals surface area contributed by atoms with E-state index in [9.17, 15) is 4.79 Å². The molecular weight excluding hydrogens is 300 g/mol. The van der Waals surface area contributed by atoms with Crippen molar-refractivity contribution in [2.45, 2.75) is 57.3 Å². The van der Waals surface area contributed by atoms with Crippen molar-refractivity contribution in [3.8, 4) is 5.75 Å². The molecule has 4 heteroatoms. The molecule has 2 saturated carbocycles. The van der Waals surface area contributed by atoms with E-state index in [1.165, 1.54) is 25.7 Å². The molecule has 1 heterocycles. The van der Waals surface area contributed by atoms with Crippen LogP contribution in [-0.2, 0) is 5.41 Å². The predicted octanol–water partition coefficient (Wildman–Crippen LogP) is 4.18. The number of aromatic amines is 1. The van der Waals surface area contributed by atoms with E-state index in [0.29, 0.717) is 0 Å². The fourth-order valence-electron chi connectivity index (χ4n) is 3.98. The number of benzene rings is 1. The summed E-state index contributed by atoms with van der Waals surface area (Å²) < 4.78 is 5.22. The van der Waals surface area contributed by atoms with Gasteiger partial charge in [0.05, 0.1) is 18.1 Å². The number of hydrogen-bond donors (Lipinski definition) is 1. The van der Waals surface area contributed by atoms with Gasteiger partial charge in [-0.15, -0.1) is 0 Å². The number of aromatic nitrogens is 2. The molecule has 0 spiro atoms. The molecule has 0 bridgehead atoms. The Labute approximate surface area is 142 Å². The van der Waals surface area contributed by atoms with Crippen molar-refractivity contribution in [2.75, 3.05) is 7.11 Å². The molecule has 2 aliphatic carbocycles. The molecule has 4 nitrogen and oxygen atoms in total. The number of fused-ring (bicyclic) bond motifs is 1. The Kier molecular flexibility index (Phi) is 3.86. The summed E-state index contributed by atoms with van der Waals surface area (Å²) in [5, 5.41) is 0. The van der Waals surface area contributed by atoms with E-state index in [1.54, 1.807) is 7.11 Å². The minimum Gasteiger partial charge on any atom is -0.497 e. The van der Waals surface area contributed by atoms with Gasteiger partial charge in [0.25, 0.3) is 5.56 Å². The summed E-state index contributed by atoms with van der Waals surface area (Å²) in [6, 6.07) is 5.66. The highest BCUT2D eigenvalue weighted by Gasteiger charge is 2.47. The maximum atomic E-state index is 12.6. The second kappa shape index (κ2) is 5.91. The largest absolute Gasteiger partial charge is 0.497 e. The smallest absolute Gasteiger partial charge is 0.270 e. The van der Waals surface area contributed by atoms with Gasteiger partial charge < -0.3 is 9.72 Å². The Morgan fingerprint density at radius 3 is 2.79 bits per heavy atom. The summed E-state index contributed by atoms with van der Waals surface area (Å²) >= 11 is 0. The van der Waals surface area contributed by atoms with Crippen molar-refractivity contribution in [2.24, 2.45) is 11.8 Å². The van der Waals surface area contributed by atoms with Crippen molar-refractivity contribution < 1.29 is 4.74 Å². The molecule has 2 aliphatic rings. The van der Waals surface area contributed by atoms with E-state index < -0.39 is 0 Å². The first-order chi connectivity index (χ1) is 11.6. The third-order valence-electron chi connectivity index (χ3n) is 6.01. The van der Waals surface area contributed by atoms with Crippen molar-refractivity contribution >= 4 is 11.0 Å². The number of nitrogens with one attached hydrogen (secondary N) is 1. The fourth-order valence-corrected chi connectivity index (χ4v) is 3.98. The summed E-state index contributed by atoms with van der Waals surface area (Å²) in [5.74, 6) is 2.65. The normalized spacial score (nSPS) is 24.1. The summed E-state index contributed by atoms with van der Waals surface area (Å²) in [6.07, 6.45) is 8.59. The van der Waals surface area contributed by atoms with Crippen LogP contribution in [0.5, 0.6) is 5.75 Å². The lowest BCUT2D eigenvalue weighted by Gasteiger charge is -2.14. The Hall–Kier alpha value is -1.84. The van der Waals surface area contributed by atoms with Gasteiger partial charge in [-0.25, -0.2) is 4.98 Å². The van der Waals surface area contributed by atoms with Crippen LogP contribution in [0.3, 0.4) is 0 Å². The summed E-state index contributed by atoms with van der Waals surface area (Å²) in [7, 11) is 1.63. The fraction of sp³-hybridized carbons (Fsp3) is 0.600. The molecule has 1 aromatic carbocycles. The average molecular weight is 326 g/mol. The van der Waals surface area contributed by atoms with Gasteiger partial charge in [0, 0.05) is 11.5 Å². The molecule has 0 amide bonds. The van der Waals surface area contributed by atoms with Crippen LogP contribution >= 0.6 is 0 Å². The molecule has 2 aromatic rings. The molecular formula is C20H26N2O2. The average Bonchev–Trinajstić information content (AvgIpc) is 3.49. The first-order valence-corrected chi connectivity index (χ1v) is 9.20. The van der Waals surface area contributed by atoms with Crippen LogP contribution in [0, 0.1) is 11.8 Å². The van der Waals surface area contributed by atoms with Crippen LogP contribution in [0.25, 0.3) is 11.0 Å². The molecule has 0 radical (unpaired) electrons. The van der Waals surface area contributed by atoms with Gasteiger partial charge in [0.1, 0.15) is 11.4 Å². The summed E-state index contributed by atoms with van der Waals surface area (Å²) in [5.41, 5.74) is 2.37. The highest BCUT2D eigenvalue weighted by molar-refractivity contribution is 5.76. The third-order valence-corrected chi connectivity index (χ3v) is 6.01. The molecule has 1 aromatic heterocycles. The van der Waals surface area contributed by atoms with Gasteiger partial charge in [0.15, 0.2) is 0 Å². The van der Waals surface area contributed by atoms with Gasteiger partial charge in [-0.2, -0.15) is 0 Å². The Morgan fingerprint density at radius 1 is 1.33 bits per heavy atom. The second-order valence-electron chi connectivity index (χ2n) is 7.80. The monoisotopic (exact) mass is 326 g/mol. The van der Waals surface area contributed by atoms with Crippen molar-refractivity contribution in [3.63, 3.8) is 0 Å². The molecule has 128 valence electrons. The zero-order chi connectivity index (χ0) is 16.7. The van der Waals surface area contributed by atoms with E-state index in [2.05, 4.69) is 11.9 Å². The molecule has 1 N–H and O–H groups in total. The lowest BCUT2D eigenvalue weighted by molar-refractivity contribution is 0.415. The molecule has 1 unspecified atom stereocenters. The van der Waals surface area contributed by atoms with Crippen LogP contribution in [-0.4, -0.2) is 17.1 Å². The van der Waals surface area contributed by atoms with Gasteiger partial charge in [-0.3, -0.25) is 4.79 Å². The maximum absolute atomic E-state index is 12.6. The van der Waals surface area contributed by atoms with E-state index in [-0.39, 0.29) is 11.0 Å². The molecule has 0 saturated heterocycles. The Morgan fingerprint density at radius 2 is 2.12 bits per heavy atom. The van der Waals surface area contributed by atoms with Gasteiger partial charge in [0.2, 0.25) is 0 Å². The lowest BCUT2D eigenvalue weighted by Crippen LogP contribution is -2.23. The number of ether oxygens (including phenoxy) is 1. The number of methoxy groups -OCH3 is 1. The topological polar surface area (TPSA) is 55.0 Å². The van der Waals surface area contributed by atoms with Crippen LogP contribution in [0.2, 0.25) is 0 Å². The molecule has 24 heavy (non-hydrogen) atoms. The minimum atomic E-state index is -0.0240. The second-order valence-corrected chi connectivity index (χ2v) is 7.80. The minimum absolute atomic E-state index is 0.0240. The number of rotatable bonds is 7. The van der Waals surface area contributed by atoms with Crippen LogP contribution in [0.1, 0.15) is 57.6 Å². The van der Waals surface area contributed by atoms with Crippen molar-refractivity contribution in [3.05, 3.63) is 34.2 Å². The Balaban J connectivity index is 1.50. The number of hydrogen-bond acceptors (Lipinski definition) is 3. The molecule has 2 fully saturated rings. The molecule has 0 aliphatic heterocycles. The van der Waals surface area contributed by atoms with Crippen LogP contribution in [0.15, 0.2) is 23.0 Å². The number of nitrogens with zero attached hydrogens (tertiary/aromatic N) is 1. The summed E-state index contributed by atoms with van der Waals surface area (Å²) in [4.78, 5) is 20.3. The zero-order valence-corrected chi connectivity index (χ0v) is 14.6.